The molecule has 1 amide bonds. The zero-order valence-corrected chi connectivity index (χ0v) is 16.0. The summed E-state index contributed by atoms with van der Waals surface area (Å²) in [7, 11) is 0. The van der Waals surface area contributed by atoms with E-state index in [1.54, 1.807) is 24.4 Å². The number of hydrogen-bond donors (Lipinski definition) is 1. The number of carbonyl (C=O) groups is 1. The van der Waals surface area contributed by atoms with Crippen LogP contribution in [0, 0.1) is 0 Å². The summed E-state index contributed by atoms with van der Waals surface area (Å²) in [6, 6.07) is 4.16. The van der Waals surface area contributed by atoms with E-state index in [0.717, 1.165) is 37.8 Å². The van der Waals surface area contributed by atoms with Gasteiger partial charge in [0.2, 0.25) is 5.91 Å². The first-order valence-electron chi connectivity index (χ1n) is 9.35. The van der Waals surface area contributed by atoms with Crippen LogP contribution in [-0.2, 0) is 11.3 Å². The van der Waals surface area contributed by atoms with Gasteiger partial charge in [-0.1, -0.05) is 30.6 Å². The van der Waals surface area contributed by atoms with E-state index in [4.69, 9.17) is 0 Å². The van der Waals surface area contributed by atoms with Gasteiger partial charge in [-0.3, -0.25) is 14.8 Å². The van der Waals surface area contributed by atoms with Gasteiger partial charge in [0.25, 0.3) is 0 Å². The maximum absolute atomic E-state index is 11.8. The molecule has 1 N–H and O–H groups in total. The first-order chi connectivity index (χ1) is 13.2. The molecule has 0 aliphatic rings. The van der Waals surface area contributed by atoms with Crippen LogP contribution >= 0.6 is 0 Å². The van der Waals surface area contributed by atoms with Crippen LogP contribution in [0.1, 0.15) is 32.6 Å². The minimum absolute atomic E-state index is 0.0546. The number of hydrogen-bond acceptors (Lipinski definition) is 3. The smallest absolute Gasteiger partial charge is 0.243 e. The maximum atomic E-state index is 11.8. The molecular weight excluding hydrogens is 336 g/mol. The highest BCUT2D eigenvalue weighted by Gasteiger charge is 2.00. The summed E-state index contributed by atoms with van der Waals surface area (Å²) in [5, 5.41) is 4.11. The number of nitrogens with one attached hydrogen (secondary N) is 1. The summed E-state index contributed by atoms with van der Waals surface area (Å²) < 4.78 is 2.28. The van der Waals surface area contributed by atoms with Gasteiger partial charge in [0.05, 0.1) is 5.52 Å². The molecule has 2 heterocycles. The summed E-state index contributed by atoms with van der Waals surface area (Å²) in [5.41, 5.74) is 2.23. The number of nitrogens with zero attached hydrogens (tertiary/aromatic N) is 3. The zero-order valence-electron chi connectivity index (χ0n) is 16.0. The Kier molecular flexibility index (Phi) is 8.77. The van der Waals surface area contributed by atoms with E-state index in [-0.39, 0.29) is 5.91 Å². The predicted octanol–water partition coefficient (Wildman–Crippen LogP) is 4.43. The standard InChI is InChI=1S/C22H28N4O/c1-19(8-7-13-23-2)9-10-22(27)25-14-5-3-4-6-16-26-17-12-20-18-24-15-11-21(20)26/h7-13,15,17-18H,2-6,14,16H2,1H3,(H,25,27)/b10-9+,13-7-,19-8+. The number of unbranched alkanes of at least 4 members (excludes halogenated alkanes) is 3. The Morgan fingerprint density at radius 2 is 2.11 bits per heavy atom. The first kappa shape index (κ1) is 20.4. The van der Waals surface area contributed by atoms with E-state index in [1.165, 1.54) is 10.9 Å². The van der Waals surface area contributed by atoms with Crippen molar-refractivity contribution in [2.75, 3.05) is 6.54 Å². The lowest BCUT2D eigenvalue weighted by Crippen LogP contribution is -2.22. The Labute approximate surface area is 161 Å². The molecule has 142 valence electrons. The van der Waals surface area contributed by atoms with Crippen molar-refractivity contribution in [2.45, 2.75) is 39.2 Å². The third-order valence-corrected chi connectivity index (χ3v) is 4.24. The fourth-order valence-corrected chi connectivity index (χ4v) is 2.78. The monoisotopic (exact) mass is 364 g/mol. The van der Waals surface area contributed by atoms with E-state index in [9.17, 15) is 4.79 Å². The number of aliphatic imine (C=N–C) groups is 1. The molecule has 5 heteroatoms. The third-order valence-electron chi connectivity index (χ3n) is 4.24. The van der Waals surface area contributed by atoms with Crippen LogP contribution in [0.4, 0.5) is 0 Å². The molecule has 2 rings (SSSR count). The van der Waals surface area contributed by atoms with Gasteiger partial charge >= 0.3 is 0 Å². The Bertz CT molecular complexity index is 830. The lowest BCUT2D eigenvalue weighted by atomic mass is 10.2. The summed E-state index contributed by atoms with van der Waals surface area (Å²) in [6.45, 7) is 7.03. The van der Waals surface area contributed by atoms with Crippen LogP contribution < -0.4 is 5.32 Å². The minimum Gasteiger partial charge on any atom is -0.353 e. The number of pyridine rings is 1. The second kappa shape index (κ2) is 11.6. The van der Waals surface area contributed by atoms with Crippen molar-refractivity contribution < 1.29 is 4.79 Å². The molecule has 0 spiro atoms. The molecule has 27 heavy (non-hydrogen) atoms. The Hall–Kier alpha value is -2.95. The fraction of sp³-hybridized carbons (Fsp3) is 0.318. The van der Waals surface area contributed by atoms with Gasteiger partial charge in [0.1, 0.15) is 0 Å². The molecular formula is C22H28N4O. The van der Waals surface area contributed by atoms with E-state index >= 15 is 0 Å². The molecule has 0 unspecified atom stereocenters. The zero-order chi connectivity index (χ0) is 19.3. The fourth-order valence-electron chi connectivity index (χ4n) is 2.78. The normalized spacial score (nSPS) is 12.3. The number of aromatic nitrogens is 2. The molecule has 0 bridgehead atoms. The van der Waals surface area contributed by atoms with Crippen molar-refractivity contribution in [3.8, 4) is 0 Å². The topological polar surface area (TPSA) is 59.3 Å². The summed E-state index contributed by atoms with van der Waals surface area (Å²) >= 11 is 0. The summed E-state index contributed by atoms with van der Waals surface area (Å²) in [5.74, 6) is -0.0546. The van der Waals surface area contributed by atoms with Gasteiger partial charge in [0.15, 0.2) is 0 Å². The molecule has 0 aliphatic carbocycles. The molecule has 0 radical (unpaired) electrons. The Morgan fingerprint density at radius 3 is 2.96 bits per heavy atom. The molecule has 0 saturated carbocycles. The SMILES string of the molecule is C=N\C=C/C=C(C)/C=C/C(=O)NCCCCCCn1ccc2cnccc21. The molecule has 0 fully saturated rings. The van der Waals surface area contributed by atoms with Crippen molar-refractivity contribution in [2.24, 2.45) is 4.99 Å². The highest BCUT2D eigenvalue weighted by molar-refractivity contribution is 5.87. The lowest BCUT2D eigenvalue weighted by molar-refractivity contribution is -0.116. The molecule has 0 saturated heterocycles. The van der Waals surface area contributed by atoms with E-state index in [1.807, 2.05) is 25.4 Å². The van der Waals surface area contributed by atoms with Crippen LogP contribution in [-0.4, -0.2) is 28.7 Å². The molecule has 5 nitrogen and oxygen atoms in total. The first-order valence-corrected chi connectivity index (χ1v) is 9.35. The van der Waals surface area contributed by atoms with Gasteiger partial charge in [-0.25, -0.2) is 0 Å². The summed E-state index contributed by atoms with van der Waals surface area (Å²) in [6.07, 6.45) is 18.9. The largest absolute Gasteiger partial charge is 0.353 e. The van der Waals surface area contributed by atoms with Crippen molar-refractivity contribution in [3.63, 3.8) is 0 Å². The highest BCUT2D eigenvalue weighted by atomic mass is 16.1. The second-order valence-corrected chi connectivity index (χ2v) is 6.42. The van der Waals surface area contributed by atoms with Gasteiger partial charge in [-0.2, -0.15) is 0 Å². The van der Waals surface area contributed by atoms with Crippen LogP contribution in [0.3, 0.4) is 0 Å². The number of aryl methyl sites for hydroxylation is 1. The number of rotatable bonds is 11. The average Bonchev–Trinajstić information content (AvgIpc) is 3.09. The highest BCUT2D eigenvalue weighted by Crippen LogP contribution is 2.14. The van der Waals surface area contributed by atoms with Crippen LogP contribution in [0.2, 0.25) is 0 Å². The van der Waals surface area contributed by atoms with Crippen molar-refractivity contribution in [1.29, 1.82) is 0 Å². The Balaban J connectivity index is 1.56. The van der Waals surface area contributed by atoms with Gasteiger partial charge in [-0.05, 0) is 44.7 Å². The van der Waals surface area contributed by atoms with Crippen LogP contribution in [0.5, 0.6) is 0 Å². The number of allylic oxidation sites excluding steroid dienone is 4. The minimum atomic E-state index is -0.0546. The van der Waals surface area contributed by atoms with Crippen molar-refractivity contribution >= 4 is 23.5 Å². The van der Waals surface area contributed by atoms with Gasteiger partial charge in [-0.15, -0.1) is 0 Å². The molecule has 0 atom stereocenters. The molecule has 0 aliphatic heterocycles. The molecule has 2 aromatic heterocycles. The third kappa shape index (κ3) is 7.44. The number of carbonyl (C=O) groups excluding carboxylic acids is 1. The Morgan fingerprint density at radius 1 is 1.26 bits per heavy atom. The van der Waals surface area contributed by atoms with Crippen molar-refractivity contribution in [3.05, 3.63) is 66.8 Å². The second-order valence-electron chi connectivity index (χ2n) is 6.42. The predicted molar refractivity (Wildman–Crippen MR) is 113 cm³/mol. The van der Waals surface area contributed by atoms with E-state index in [0.29, 0.717) is 6.54 Å². The quantitative estimate of drug-likeness (QED) is 0.277. The van der Waals surface area contributed by atoms with Gasteiger partial charge in [0, 0.05) is 49.3 Å². The van der Waals surface area contributed by atoms with Crippen LogP contribution in [0.25, 0.3) is 10.9 Å². The molecule has 0 aromatic carbocycles. The maximum Gasteiger partial charge on any atom is 0.243 e. The number of fused-ring (bicyclic) bond motifs is 1. The number of amides is 1. The van der Waals surface area contributed by atoms with Crippen LogP contribution in [0.15, 0.2) is 71.8 Å². The average molecular weight is 364 g/mol. The summed E-state index contributed by atoms with van der Waals surface area (Å²) in [4.78, 5) is 19.5. The lowest BCUT2D eigenvalue weighted by Gasteiger charge is -2.06. The van der Waals surface area contributed by atoms with Gasteiger partial charge < -0.3 is 9.88 Å². The molecule has 2 aromatic rings. The van der Waals surface area contributed by atoms with E-state index in [2.05, 4.69) is 44.9 Å². The van der Waals surface area contributed by atoms with E-state index < -0.39 is 0 Å². The van der Waals surface area contributed by atoms with Crippen molar-refractivity contribution in [1.82, 2.24) is 14.9 Å².